The normalized spacial score (nSPS) is 11.7. The standard InChI is InChI=1S/C17H17ClN2/c1-20(2)17-8-4-6-14(11-17)15(12-19)9-13-5-3-7-16(18)10-13/h3-8,10-11,15H,9H2,1-2H3. The first kappa shape index (κ1) is 14.4. The van der Waals surface area contributed by atoms with Crippen molar-refractivity contribution >= 4 is 17.3 Å². The number of rotatable bonds is 4. The molecule has 0 saturated heterocycles. The highest BCUT2D eigenvalue weighted by Gasteiger charge is 2.12. The first-order valence-electron chi connectivity index (χ1n) is 6.51. The Labute approximate surface area is 125 Å². The van der Waals surface area contributed by atoms with E-state index in [4.69, 9.17) is 11.6 Å². The van der Waals surface area contributed by atoms with Gasteiger partial charge in [-0.2, -0.15) is 5.26 Å². The van der Waals surface area contributed by atoms with Crippen LogP contribution in [-0.2, 0) is 6.42 Å². The molecule has 20 heavy (non-hydrogen) atoms. The van der Waals surface area contributed by atoms with Gasteiger partial charge in [0, 0.05) is 24.8 Å². The third-order valence-electron chi connectivity index (χ3n) is 3.27. The third-order valence-corrected chi connectivity index (χ3v) is 3.51. The van der Waals surface area contributed by atoms with Crippen LogP contribution in [0.25, 0.3) is 0 Å². The Balaban J connectivity index is 2.25. The Morgan fingerprint density at radius 1 is 1.15 bits per heavy atom. The van der Waals surface area contributed by atoms with Gasteiger partial charge in [-0.05, 0) is 41.8 Å². The highest BCUT2D eigenvalue weighted by Crippen LogP contribution is 2.25. The summed E-state index contributed by atoms with van der Waals surface area (Å²) in [7, 11) is 3.99. The second kappa shape index (κ2) is 6.45. The van der Waals surface area contributed by atoms with E-state index in [9.17, 15) is 5.26 Å². The van der Waals surface area contributed by atoms with Gasteiger partial charge >= 0.3 is 0 Å². The quantitative estimate of drug-likeness (QED) is 0.839. The number of nitrogens with zero attached hydrogens (tertiary/aromatic N) is 2. The lowest BCUT2D eigenvalue weighted by Gasteiger charge is -2.16. The third kappa shape index (κ3) is 3.53. The summed E-state index contributed by atoms with van der Waals surface area (Å²) in [5.41, 5.74) is 3.23. The second-order valence-corrected chi connectivity index (χ2v) is 5.44. The van der Waals surface area contributed by atoms with Gasteiger partial charge in [-0.3, -0.25) is 0 Å². The molecule has 0 aromatic heterocycles. The summed E-state index contributed by atoms with van der Waals surface area (Å²) < 4.78 is 0. The molecule has 1 atom stereocenters. The predicted molar refractivity (Wildman–Crippen MR) is 84.3 cm³/mol. The first-order valence-corrected chi connectivity index (χ1v) is 6.89. The van der Waals surface area contributed by atoms with Gasteiger partial charge in [-0.1, -0.05) is 35.9 Å². The highest BCUT2D eigenvalue weighted by atomic mass is 35.5. The summed E-state index contributed by atoms with van der Waals surface area (Å²) in [5.74, 6) is -0.159. The fourth-order valence-corrected chi connectivity index (χ4v) is 2.37. The van der Waals surface area contributed by atoms with Crippen LogP contribution in [0.15, 0.2) is 48.5 Å². The molecule has 0 aliphatic carbocycles. The molecule has 2 aromatic carbocycles. The van der Waals surface area contributed by atoms with Gasteiger partial charge in [-0.15, -0.1) is 0 Å². The highest BCUT2D eigenvalue weighted by molar-refractivity contribution is 6.30. The van der Waals surface area contributed by atoms with Crippen LogP contribution in [0.3, 0.4) is 0 Å². The molecule has 1 unspecified atom stereocenters. The molecule has 0 spiro atoms. The molecule has 0 N–H and O–H groups in total. The fourth-order valence-electron chi connectivity index (χ4n) is 2.16. The molecule has 0 aliphatic rings. The van der Waals surface area contributed by atoms with Gasteiger partial charge in [0.1, 0.15) is 0 Å². The van der Waals surface area contributed by atoms with Crippen molar-refractivity contribution in [2.75, 3.05) is 19.0 Å². The molecule has 2 nitrogen and oxygen atoms in total. The van der Waals surface area contributed by atoms with Gasteiger partial charge in [0.15, 0.2) is 0 Å². The van der Waals surface area contributed by atoms with Crippen molar-refractivity contribution in [3.8, 4) is 6.07 Å². The van der Waals surface area contributed by atoms with E-state index < -0.39 is 0 Å². The molecule has 0 radical (unpaired) electrons. The van der Waals surface area contributed by atoms with Crippen molar-refractivity contribution in [3.63, 3.8) is 0 Å². The van der Waals surface area contributed by atoms with Crippen LogP contribution < -0.4 is 4.90 Å². The van der Waals surface area contributed by atoms with Gasteiger partial charge in [-0.25, -0.2) is 0 Å². The first-order chi connectivity index (χ1) is 9.60. The lowest BCUT2D eigenvalue weighted by molar-refractivity contribution is 0.848. The van der Waals surface area contributed by atoms with Crippen LogP contribution in [-0.4, -0.2) is 14.1 Å². The van der Waals surface area contributed by atoms with E-state index >= 15 is 0 Å². The van der Waals surface area contributed by atoms with Gasteiger partial charge in [0.05, 0.1) is 12.0 Å². The zero-order valence-corrected chi connectivity index (χ0v) is 12.4. The largest absolute Gasteiger partial charge is 0.378 e. The van der Waals surface area contributed by atoms with Crippen LogP contribution in [0.1, 0.15) is 17.0 Å². The van der Waals surface area contributed by atoms with E-state index in [1.165, 1.54) is 0 Å². The maximum absolute atomic E-state index is 9.44. The molecule has 0 saturated carbocycles. The molecule has 0 bridgehead atoms. The number of benzene rings is 2. The number of anilines is 1. The van der Waals surface area contributed by atoms with E-state index in [0.717, 1.165) is 16.8 Å². The molecule has 0 amide bonds. The monoisotopic (exact) mass is 284 g/mol. The van der Waals surface area contributed by atoms with E-state index in [0.29, 0.717) is 11.4 Å². The molecule has 102 valence electrons. The van der Waals surface area contributed by atoms with Crippen LogP contribution in [0.5, 0.6) is 0 Å². The lowest BCUT2D eigenvalue weighted by Crippen LogP contribution is -2.09. The van der Waals surface area contributed by atoms with E-state index in [1.807, 2.05) is 61.5 Å². The summed E-state index contributed by atoms with van der Waals surface area (Å²) in [6.45, 7) is 0. The van der Waals surface area contributed by atoms with Gasteiger partial charge in [0.25, 0.3) is 0 Å². The Kier molecular flexibility index (Phi) is 4.65. The molecule has 3 heteroatoms. The second-order valence-electron chi connectivity index (χ2n) is 5.01. The van der Waals surface area contributed by atoms with Gasteiger partial charge in [0.2, 0.25) is 0 Å². The van der Waals surface area contributed by atoms with Gasteiger partial charge < -0.3 is 4.90 Å². The minimum Gasteiger partial charge on any atom is -0.378 e. The average Bonchev–Trinajstić information content (AvgIpc) is 2.45. The van der Waals surface area contributed by atoms with Crippen molar-refractivity contribution in [1.29, 1.82) is 5.26 Å². The molecule has 0 fully saturated rings. The zero-order valence-electron chi connectivity index (χ0n) is 11.7. The summed E-state index contributed by atoms with van der Waals surface area (Å²) >= 11 is 5.99. The molecule has 0 aliphatic heterocycles. The molecular weight excluding hydrogens is 268 g/mol. The van der Waals surface area contributed by atoms with E-state index in [2.05, 4.69) is 12.1 Å². The van der Waals surface area contributed by atoms with Crippen LogP contribution >= 0.6 is 11.6 Å². The SMILES string of the molecule is CN(C)c1cccc(C(C#N)Cc2cccc(Cl)c2)c1. The van der Waals surface area contributed by atoms with E-state index in [-0.39, 0.29) is 5.92 Å². The Hall–Kier alpha value is -1.98. The topological polar surface area (TPSA) is 27.0 Å². The van der Waals surface area contributed by atoms with Crippen molar-refractivity contribution in [2.45, 2.75) is 12.3 Å². The minimum absolute atomic E-state index is 0.159. The Morgan fingerprint density at radius 3 is 2.55 bits per heavy atom. The van der Waals surface area contributed by atoms with Crippen molar-refractivity contribution in [2.24, 2.45) is 0 Å². The Morgan fingerprint density at radius 2 is 1.90 bits per heavy atom. The summed E-state index contributed by atoms with van der Waals surface area (Å²) in [6.07, 6.45) is 0.675. The van der Waals surface area contributed by atoms with Crippen molar-refractivity contribution < 1.29 is 0 Å². The maximum atomic E-state index is 9.44. The van der Waals surface area contributed by atoms with Crippen molar-refractivity contribution in [1.82, 2.24) is 0 Å². The van der Waals surface area contributed by atoms with Crippen LogP contribution in [0, 0.1) is 11.3 Å². The number of halogens is 1. The average molecular weight is 285 g/mol. The number of hydrogen-bond acceptors (Lipinski definition) is 2. The van der Waals surface area contributed by atoms with E-state index in [1.54, 1.807) is 0 Å². The minimum atomic E-state index is -0.159. The maximum Gasteiger partial charge on any atom is 0.0753 e. The van der Waals surface area contributed by atoms with Crippen LogP contribution in [0.4, 0.5) is 5.69 Å². The number of nitriles is 1. The summed E-state index contributed by atoms with van der Waals surface area (Å²) in [5, 5.41) is 10.2. The fraction of sp³-hybridized carbons (Fsp3) is 0.235. The predicted octanol–water partition coefficient (Wildman–Crippen LogP) is 4.26. The molecule has 2 rings (SSSR count). The molecular formula is C17H17ClN2. The zero-order chi connectivity index (χ0) is 14.5. The smallest absolute Gasteiger partial charge is 0.0753 e. The summed E-state index contributed by atoms with van der Waals surface area (Å²) in [6, 6.07) is 18.2. The van der Waals surface area contributed by atoms with Crippen molar-refractivity contribution in [3.05, 3.63) is 64.7 Å². The molecule has 2 aromatic rings. The lowest BCUT2D eigenvalue weighted by atomic mass is 9.93. The van der Waals surface area contributed by atoms with Crippen LogP contribution in [0.2, 0.25) is 5.02 Å². The molecule has 0 heterocycles. The number of hydrogen-bond donors (Lipinski definition) is 0. The Bertz CT molecular complexity index is 629. The summed E-state index contributed by atoms with van der Waals surface area (Å²) in [4.78, 5) is 2.04.